The number of para-hydroxylation sites is 1. The average molecular weight is 332 g/mol. The van der Waals surface area contributed by atoms with Crippen molar-refractivity contribution in [1.82, 2.24) is 15.0 Å². The van der Waals surface area contributed by atoms with Crippen molar-refractivity contribution in [2.45, 2.75) is 45.7 Å². The Kier molecular flexibility index (Phi) is 3.83. The van der Waals surface area contributed by atoms with Gasteiger partial charge in [-0.25, -0.2) is 4.68 Å². The van der Waals surface area contributed by atoms with Gasteiger partial charge in [-0.3, -0.25) is 0 Å². The monoisotopic (exact) mass is 332 g/mol. The van der Waals surface area contributed by atoms with Crippen molar-refractivity contribution in [1.29, 1.82) is 0 Å². The van der Waals surface area contributed by atoms with Crippen LogP contribution >= 0.6 is 0 Å². The Morgan fingerprint density at radius 2 is 1.68 bits per heavy atom. The zero-order valence-electron chi connectivity index (χ0n) is 15.1. The number of nitrogens with one attached hydrogen (secondary N) is 1. The minimum Gasteiger partial charge on any atom is -0.380 e. The van der Waals surface area contributed by atoms with Crippen LogP contribution in [0.25, 0.3) is 22.5 Å². The third kappa shape index (κ3) is 2.44. The van der Waals surface area contributed by atoms with Gasteiger partial charge in [0, 0.05) is 23.4 Å². The maximum atomic E-state index is 4.63. The van der Waals surface area contributed by atoms with Crippen molar-refractivity contribution in [3.05, 3.63) is 54.1 Å². The fourth-order valence-electron chi connectivity index (χ4n) is 3.57. The summed E-state index contributed by atoms with van der Waals surface area (Å²) in [5.41, 5.74) is 6.77. The van der Waals surface area contributed by atoms with Gasteiger partial charge < -0.3 is 5.32 Å². The van der Waals surface area contributed by atoms with Crippen LogP contribution in [0.4, 0.5) is 5.69 Å². The average Bonchev–Trinajstić information content (AvgIpc) is 3.09. The van der Waals surface area contributed by atoms with Gasteiger partial charge in [0.2, 0.25) is 0 Å². The molecule has 25 heavy (non-hydrogen) atoms. The molecular formula is C21H24N4. The highest BCUT2D eigenvalue weighted by Crippen LogP contribution is 2.41. The number of nitrogens with zero attached hydrogens (tertiary/aromatic N) is 3. The first kappa shape index (κ1) is 15.9. The molecule has 1 aromatic heterocycles. The van der Waals surface area contributed by atoms with Gasteiger partial charge in [-0.15, -0.1) is 5.10 Å². The first-order valence-corrected chi connectivity index (χ1v) is 9.05. The van der Waals surface area contributed by atoms with Gasteiger partial charge in [0.05, 0.1) is 11.2 Å². The Bertz CT molecular complexity index is 906. The molecule has 0 aliphatic carbocycles. The van der Waals surface area contributed by atoms with Crippen molar-refractivity contribution < 1.29 is 0 Å². The molecule has 0 saturated heterocycles. The summed E-state index contributed by atoms with van der Waals surface area (Å²) in [6.07, 6.45) is 2.03. The molecule has 0 bridgehead atoms. The fraction of sp³-hybridized carbons (Fsp3) is 0.333. The molecule has 0 spiro atoms. The third-order valence-electron chi connectivity index (χ3n) is 5.63. The highest BCUT2D eigenvalue weighted by Gasteiger charge is 2.31. The first-order chi connectivity index (χ1) is 12.2. The largest absolute Gasteiger partial charge is 0.380 e. The number of hydrogen-bond donors (Lipinski definition) is 1. The van der Waals surface area contributed by atoms with E-state index in [-0.39, 0.29) is 5.54 Å². The van der Waals surface area contributed by atoms with E-state index in [2.05, 4.69) is 89.6 Å². The number of benzene rings is 2. The molecule has 0 fully saturated rings. The van der Waals surface area contributed by atoms with Gasteiger partial charge in [0.25, 0.3) is 0 Å². The van der Waals surface area contributed by atoms with Crippen LogP contribution in [0.3, 0.4) is 0 Å². The lowest BCUT2D eigenvalue weighted by Crippen LogP contribution is -2.30. The minimum atomic E-state index is -0.0464. The van der Waals surface area contributed by atoms with Crippen LogP contribution in [-0.2, 0) is 12.1 Å². The summed E-state index contributed by atoms with van der Waals surface area (Å²) in [5, 5.41) is 12.8. The summed E-state index contributed by atoms with van der Waals surface area (Å²) >= 11 is 0. The Labute approximate surface area is 148 Å². The lowest BCUT2D eigenvalue weighted by molar-refractivity contribution is 0.262. The molecule has 4 nitrogen and oxygen atoms in total. The van der Waals surface area contributed by atoms with E-state index in [4.69, 9.17) is 0 Å². The number of rotatable bonds is 3. The van der Waals surface area contributed by atoms with Crippen LogP contribution in [-0.4, -0.2) is 15.0 Å². The minimum absolute atomic E-state index is 0.0464. The molecular weight excluding hydrogens is 308 g/mol. The zero-order chi connectivity index (χ0) is 17.4. The molecule has 2 heterocycles. The normalized spacial score (nSPS) is 13.1. The standard InChI is InChI=1S/C21H24N4/c1-4-21(3,5-2)25-20-16-11-7-6-10-15(16)14-22-18-13-9-8-12-17(18)19(20)23-24-25/h6-13,22H,4-5,14H2,1-3H3. The van der Waals surface area contributed by atoms with E-state index in [0.717, 1.165) is 42.0 Å². The van der Waals surface area contributed by atoms with E-state index in [1.165, 1.54) is 11.1 Å². The molecule has 4 rings (SSSR count). The van der Waals surface area contributed by atoms with Crippen LogP contribution in [0.2, 0.25) is 0 Å². The quantitative estimate of drug-likeness (QED) is 0.728. The topological polar surface area (TPSA) is 42.7 Å². The van der Waals surface area contributed by atoms with E-state index >= 15 is 0 Å². The number of anilines is 1. The molecule has 1 aliphatic heterocycles. The second-order valence-corrected chi connectivity index (χ2v) is 6.96. The zero-order valence-corrected chi connectivity index (χ0v) is 15.1. The fourth-order valence-corrected chi connectivity index (χ4v) is 3.57. The predicted molar refractivity (Wildman–Crippen MR) is 102 cm³/mol. The number of fused-ring (bicyclic) bond motifs is 5. The Hall–Kier alpha value is -2.62. The van der Waals surface area contributed by atoms with E-state index in [0.29, 0.717) is 0 Å². The van der Waals surface area contributed by atoms with E-state index in [1.807, 2.05) is 0 Å². The van der Waals surface area contributed by atoms with E-state index in [1.54, 1.807) is 0 Å². The number of aromatic nitrogens is 3. The summed E-state index contributed by atoms with van der Waals surface area (Å²) in [6, 6.07) is 16.9. The van der Waals surface area contributed by atoms with Crippen molar-refractivity contribution >= 4 is 5.69 Å². The molecule has 128 valence electrons. The third-order valence-corrected chi connectivity index (χ3v) is 5.63. The van der Waals surface area contributed by atoms with Crippen molar-refractivity contribution in [3.63, 3.8) is 0 Å². The molecule has 3 aromatic rings. The molecule has 0 atom stereocenters. The van der Waals surface area contributed by atoms with E-state index in [9.17, 15) is 0 Å². The van der Waals surface area contributed by atoms with Gasteiger partial charge in [0.15, 0.2) is 0 Å². The second-order valence-electron chi connectivity index (χ2n) is 6.96. The van der Waals surface area contributed by atoms with Gasteiger partial charge in [-0.1, -0.05) is 61.5 Å². The molecule has 0 saturated carbocycles. The molecule has 2 aromatic carbocycles. The first-order valence-electron chi connectivity index (χ1n) is 9.05. The van der Waals surface area contributed by atoms with E-state index < -0.39 is 0 Å². The van der Waals surface area contributed by atoms with Gasteiger partial charge in [0.1, 0.15) is 5.69 Å². The van der Waals surface area contributed by atoms with Gasteiger partial charge in [-0.2, -0.15) is 0 Å². The van der Waals surface area contributed by atoms with Crippen LogP contribution < -0.4 is 5.32 Å². The van der Waals surface area contributed by atoms with Crippen LogP contribution in [0, 0.1) is 0 Å². The van der Waals surface area contributed by atoms with Crippen LogP contribution in [0.5, 0.6) is 0 Å². The van der Waals surface area contributed by atoms with Crippen LogP contribution in [0.15, 0.2) is 48.5 Å². The summed E-state index contributed by atoms with van der Waals surface area (Å²) < 4.78 is 2.16. The maximum Gasteiger partial charge on any atom is 0.123 e. The number of hydrogen-bond acceptors (Lipinski definition) is 3. The summed E-state index contributed by atoms with van der Waals surface area (Å²) in [6.45, 7) is 7.52. The van der Waals surface area contributed by atoms with Crippen molar-refractivity contribution in [2.24, 2.45) is 0 Å². The van der Waals surface area contributed by atoms with Gasteiger partial charge in [-0.05, 0) is 31.4 Å². The molecule has 0 amide bonds. The highest BCUT2D eigenvalue weighted by atomic mass is 15.5. The molecule has 1 N–H and O–H groups in total. The molecule has 4 heteroatoms. The molecule has 0 radical (unpaired) electrons. The second kappa shape index (κ2) is 6.03. The molecule has 1 aliphatic rings. The van der Waals surface area contributed by atoms with Crippen molar-refractivity contribution in [3.8, 4) is 22.5 Å². The van der Waals surface area contributed by atoms with Crippen LogP contribution in [0.1, 0.15) is 39.2 Å². The SMILES string of the molecule is CCC(C)(CC)n1nnc2c1-c1ccccc1CNc1ccccc1-2. The summed E-state index contributed by atoms with van der Waals surface area (Å²) in [4.78, 5) is 0. The predicted octanol–water partition coefficient (Wildman–Crippen LogP) is 5.07. The summed E-state index contributed by atoms with van der Waals surface area (Å²) in [5.74, 6) is 0. The Morgan fingerprint density at radius 3 is 2.44 bits per heavy atom. The Morgan fingerprint density at radius 1 is 1.00 bits per heavy atom. The lowest BCUT2D eigenvalue weighted by Gasteiger charge is -2.30. The van der Waals surface area contributed by atoms with Gasteiger partial charge >= 0.3 is 0 Å². The smallest absolute Gasteiger partial charge is 0.123 e. The van der Waals surface area contributed by atoms with Crippen molar-refractivity contribution in [2.75, 3.05) is 5.32 Å². The maximum absolute atomic E-state index is 4.63. The Balaban J connectivity index is 2.06. The lowest BCUT2D eigenvalue weighted by atomic mass is 9.92. The summed E-state index contributed by atoms with van der Waals surface area (Å²) in [7, 11) is 0. The highest BCUT2D eigenvalue weighted by molar-refractivity contribution is 5.87. The molecule has 0 unspecified atom stereocenters.